The van der Waals surface area contributed by atoms with E-state index in [0.29, 0.717) is 10.5 Å². The molecule has 1 nitrogen and oxygen atoms in total. The fraction of sp³-hybridized carbons (Fsp3) is 0.143. The molecule has 0 saturated heterocycles. The zero-order valence-corrected chi connectivity index (χ0v) is 7.41. The fourth-order valence-corrected chi connectivity index (χ4v) is 0.932. The average Bonchev–Trinajstić information content (AvgIpc) is 1.94. The van der Waals surface area contributed by atoms with E-state index in [2.05, 4.69) is 4.74 Å². The first-order chi connectivity index (χ1) is 5.88. The third kappa shape index (κ3) is 3.18. The van der Waals surface area contributed by atoms with Crippen LogP contribution in [-0.2, 0) is 0 Å². The Hall–Kier alpha value is -0.835. The summed E-state index contributed by atoms with van der Waals surface area (Å²) in [6.07, 6.45) is -4.65. The number of ether oxygens (including phenoxy) is 1. The van der Waals surface area contributed by atoms with Gasteiger partial charge in [-0.1, -0.05) is 17.1 Å². The molecule has 0 bridgehead atoms. The van der Waals surface area contributed by atoms with E-state index >= 15 is 0 Å². The van der Waals surface area contributed by atoms with Crippen LogP contribution < -0.4 is 10.2 Å². The highest BCUT2D eigenvalue weighted by Gasteiger charge is 2.31. The quantitative estimate of drug-likeness (QED) is 0.636. The average molecular weight is 208 g/mol. The molecule has 0 aliphatic carbocycles. The molecule has 0 atom stereocenters. The maximum atomic E-state index is 11.7. The molecule has 0 heterocycles. The molecular formula is C7H5BClF3O. The van der Waals surface area contributed by atoms with Crippen molar-refractivity contribution in [1.82, 2.24) is 0 Å². The smallest absolute Gasteiger partial charge is 0.406 e. The number of halogens is 4. The minimum atomic E-state index is -4.65. The SMILES string of the molecule is Bc1cc(OC(F)(F)F)ccc1Cl. The molecule has 1 rings (SSSR count). The number of benzene rings is 1. The Morgan fingerprint density at radius 3 is 2.38 bits per heavy atom. The molecule has 0 aromatic heterocycles. The van der Waals surface area contributed by atoms with E-state index in [9.17, 15) is 13.2 Å². The first-order valence-electron chi connectivity index (χ1n) is 3.40. The molecule has 0 N–H and O–H groups in total. The van der Waals surface area contributed by atoms with Crippen molar-refractivity contribution >= 4 is 24.9 Å². The van der Waals surface area contributed by atoms with Gasteiger partial charge in [0.1, 0.15) is 13.6 Å². The van der Waals surface area contributed by atoms with Gasteiger partial charge in [-0.25, -0.2) is 0 Å². The zero-order valence-electron chi connectivity index (χ0n) is 6.65. The summed E-state index contributed by atoms with van der Waals surface area (Å²) in [4.78, 5) is 0. The minimum Gasteiger partial charge on any atom is -0.406 e. The molecular weight excluding hydrogens is 203 g/mol. The topological polar surface area (TPSA) is 9.23 Å². The summed E-state index contributed by atoms with van der Waals surface area (Å²) < 4.78 is 38.8. The second-order valence-electron chi connectivity index (χ2n) is 2.46. The molecule has 0 aliphatic heterocycles. The fourth-order valence-electron chi connectivity index (χ4n) is 0.814. The number of alkyl halides is 3. The molecule has 0 unspecified atom stereocenters. The third-order valence-electron chi connectivity index (χ3n) is 1.36. The van der Waals surface area contributed by atoms with Gasteiger partial charge in [-0.15, -0.1) is 13.2 Å². The Balaban J connectivity index is 2.86. The van der Waals surface area contributed by atoms with Crippen molar-refractivity contribution in [2.45, 2.75) is 6.36 Å². The van der Waals surface area contributed by atoms with Crippen molar-refractivity contribution in [2.75, 3.05) is 0 Å². The van der Waals surface area contributed by atoms with Crippen molar-refractivity contribution < 1.29 is 17.9 Å². The predicted octanol–water partition coefficient (Wildman–Crippen LogP) is 1.50. The van der Waals surface area contributed by atoms with Crippen LogP contribution in [0.4, 0.5) is 13.2 Å². The lowest BCUT2D eigenvalue weighted by Crippen LogP contribution is -2.18. The van der Waals surface area contributed by atoms with Crippen LogP contribution in [0.5, 0.6) is 5.75 Å². The standard InChI is InChI=1S/C7H5BClF3O/c8-5-3-4(1-2-6(5)9)13-7(10,11)12/h1-3H,8H2. The molecule has 0 spiro atoms. The van der Waals surface area contributed by atoms with Gasteiger partial charge in [0.2, 0.25) is 0 Å². The van der Waals surface area contributed by atoms with Crippen LogP contribution in [0.15, 0.2) is 18.2 Å². The van der Waals surface area contributed by atoms with Gasteiger partial charge in [-0.3, -0.25) is 0 Å². The highest BCUT2D eigenvalue weighted by molar-refractivity contribution is 6.45. The van der Waals surface area contributed by atoms with Crippen LogP contribution in [0.1, 0.15) is 0 Å². The van der Waals surface area contributed by atoms with Gasteiger partial charge < -0.3 is 4.74 Å². The normalized spacial score (nSPS) is 11.4. The lowest BCUT2D eigenvalue weighted by molar-refractivity contribution is -0.274. The molecule has 0 saturated carbocycles. The van der Waals surface area contributed by atoms with E-state index in [-0.39, 0.29) is 5.75 Å². The second-order valence-corrected chi connectivity index (χ2v) is 2.87. The molecule has 13 heavy (non-hydrogen) atoms. The van der Waals surface area contributed by atoms with Gasteiger partial charge in [0.25, 0.3) is 0 Å². The van der Waals surface area contributed by atoms with Gasteiger partial charge in [0, 0.05) is 5.02 Å². The first-order valence-corrected chi connectivity index (χ1v) is 3.78. The lowest BCUT2D eigenvalue weighted by Gasteiger charge is -2.09. The van der Waals surface area contributed by atoms with Crippen molar-refractivity contribution in [1.29, 1.82) is 0 Å². The van der Waals surface area contributed by atoms with Crippen LogP contribution >= 0.6 is 11.6 Å². The second kappa shape index (κ2) is 3.50. The van der Waals surface area contributed by atoms with Gasteiger partial charge in [-0.2, -0.15) is 0 Å². The number of hydrogen-bond acceptors (Lipinski definition) is 1. The lowest BCUT2D eigenvalue weighted by atomic mass is 9.96. The Morgan fingerprint density at radius 1 is 1.31 bits per heavy atom. The molecule has 70 valence electrons. The van der Waals surface area contributed by atoms with E-state index in [1.54, 1.807) is 7.85 Å². The molecule has 1 aromatic carbocycles. The van der Waals surface area contributed by atoms with E-state index in [1.165, 1.54) is 18.2 Å². The Kier molecular flexibility index (Phi) is 2.76. The summed E-state index contributed by atoms with van der Waals surface area (Å²) in [7, 11) is 1.60. The summed E-state index contributed by atoms with van der Waals surface area (Å²) in [6.45, 7) is 0. The van der Waals surface area contributed by atoms with Crippen LogP contribution in [0.3, 0.4) is 0 Å². The van der Waals surface area contributed by atoms with Crippen LogP contribution in [0.25, 0.3) is 0 Å². The monoisotopic (exact) mass is 208 g/mol. The molecule has 0 radical (unpaired) electrons. The first kappa shape index (κ1) is 10.2. The molecule has 6 heteroatoms. The van der Waals surface area contributed by atoms with E-state index < -0.39 is 6.36 Å². The minimum absolute atomic E-state index is 0.255. The predicted molar refractivity (Wildman–Crippen MR) is 46.3 cm³/mol. The molecule has 1 aromatic rings. The van der Waals surface area contributed by atoms with Crippen LogP contribution in [-0.4, -0.2) is 14.2 Å². The van der Waals surface area contributed by atoms with E-state index in [1.807, 2.05) is 0 Å². The summed E-state index contributed by atoms with van der Waals surface area (Å²) in [6, 6.07) is 3.76. The summed E-state index contributed by atoms with van der Waals surface area (Å²) >= 11 is 5.62. The maximum Gasteiger partial charge on any atom is 0.573 e. The summed E-state index contributed by atoms with van der Waals surface area (Å²) in [5, 5.41) is 0.412. The number of rotatable bonds is 1. The maximum absolute atomic E-state index is 11.7. The van der Waals surface area contributed by atoms with Gasteiger partial charge >= 0.3 is 6.36 Å². The van der Waals surface area contributed by atoms with Gasteiger partial charge in [0.05, 0.1) is 0 Å². The Labute approximate surface area is 78.9 Å². The largest absolute Gasteiger partial charge is 0.573 e. The Morgan fingerprint density at radius 2 is 1.92 bits per heavy atom. The van der Waals surface area contributed by atoms with Crippen molar-refractivity contribution in [3.63, 3.8) is 0 Å². The van der Waals surface area contributed by atoms with Crippen molar-refractivity contribution in [2.24, 2.45) is 0 Å². The van der Waals surface area contributed by atoms with Crippen LogP contribution in [0.2, 0.25) is 5.02 Å². The third-order valence-corrected chi connectivity index (χ3v) is 1.79. The molecule has 0 fully saturated rings. The van der Waals surface area contributed by atoms with Crippen molar-refractivity contribution in [3.05, 3.63) is 23.2 Å². The highest BCUT2D eigenvalue weighted by atomic mass is 35.5. The van der Waals surface area contributed by atoms with Gasteiger partial charge in [0.15, 0.2) is 0 Å². The van der Waals surface area contributed by atoms with Gasteiger partial charge in [-0.05, 0) is 18.2 Å². The number of hydrogen-bond donors (Lipinski definition) is 0. The molecule has 0 aliphatic rings. The molecule has 0 amide bonds. The zero-order chi connectivity index (χ0) is 10.1. The van der Waals surface area contributed by atoms with E-state index in [4.69, 9.17) is 11.6 Å². The van der Waals surface area contributed by atoms with Crippen LogP contribution in [0, 0.1) is 0 Å². The Bertz CT molecular complexity index is 313. The van der Waals surface area contributed by atoms with Crippen molar-refractivity contribution in [3.8, 4) is 5.75 Å². The summed E-state index contributed by atoms with van der Waals surface area (Å²) in [5.41, 5.74) is 0.545. The summed E-state index contributed by atoms with van der Waals surface area (Å²) in [5.74, 6) is -0.255. The van der Waals surface area contributed by atoms with E-state index in [0.717, 1.165) is 0 Å². The highest BCUT2D eigenvalue weighted by Crippen LogP contribution is 2.22.